The normalized spacial score (nSPS) is 15.0. The third-order valence-corrected chi connectivity index (χ3v) is 8.56. The van der Waals surface area contributed by atoms with Gasteiger partial charge in [-0.05, 0) is 62.4 Å². The monoisotopic (exact) mass is 514 g/mol. The predicted octanol–water partition coefficient (Wildman–Crippen LogP) is 3.58. The van der Waals surface area contributed by atoms with Crippen molar-refractivity contribution in [1.82, 2.24) is 21.3 Å². The molecule has 8 nitrogen and oxygen atoms in total. The van der Waals surface area contributed by atoms with Gasteiger partial charge in [-0.15, -0.1) is 22.7 Å². The highest BCUT2D eigenvalue weighted by atomic mass is 32.2. The molecule has 0 saturated carbocycles. The van der Waals surface area contributed by atoms with Crippen LogP contribution in [0.1, 0.15) is 39.4 Å². The Kier molecular flexibility index (Phi) is 8.73. The zero-order valence-electron chi connectivity index (χ0n) is 19.3. The Balaban J connectivity index is 1.25. The largest absolute Gasteiger partial charge is 0.480 e. The molecule has 1 aliphatic heterocycles. The number of aliphatic carboxylic acids is 1. The first kappa shape index (κ1) is 25.2. The van der Waals surface area contributed by atoms with Crippen LogP contribution in [0.5, 0.6) is 0 Å². The van der Waals surface area contributed by atoms with Gasteiger partial charge in [-0.25, -0.2) is 9.59 Å². The van der Waals surface area contributed by atoms with Crippen LogP contribution in [-0.4, -0.2) is 48.7 Å². The van der Waals surface area contributed by atoms with Crippen LogP contribution in [0.2, 0.25) is 0 Å². The van der Waals surface area contributed by atoms with Crippen LogP contribution in [0, 0.1) is 5.92 Å². The number of carboxylic acids is 1. The topological polar surface area (TPSA) is 120 Å². The van der Waals surface area contributed by atoms with E-state index in [4.69, 9.17) is 0 Å². The quantitative estimate of drug-likeness (QED) is 0.283. The van der Waals surface area contributed by atoms with Gasteiger partial charge in [-0.3, -0.25) is 4.79 Å². The van der Waals surface area contributed by atoms with Crippen LogP contribution in [0.15, 0.2) is 42.5 Å². The number of urea groups is 1. The van der Waals surface area contributed by atoms with Gasteiger partial charge in [0.05, 0.1) is 8.89 Å². The second-order valence-electron chi connectivity index (χ2n) is 8.71. The Morgan fingerprint density at radius 3 is 2.54 bits per heavy atom. The standard InChI is InChI=1S/C25H30N4O4S2/c30-22(27-15-20(23(31)32)29-25(33)28-14-17-4-2-1-3-5-17)21-13-18-12-19(34-24(18)35-21)7-6-16-8-10-26-11-9-16/h1-5,12-13,16,20,26H,6-11,14-15H2,(H,27,30)(H,31,32)(H2,28,29,33)/t20-/m0/s1. The summed E-state index contributed by atoms with van der Waals surface area (Å²) in [6, 6.07) is 11.5. The molecule has 3 heterocycles. The summed E-state index contributed by atoms with van der Waals surface area (Å²) in [5.74, 6) is -0.771. The molecule has 3 amide bonds. The Morgan fingerprint density at radius 1 is 1.06 bits per heavy atom. The fourth-order valence-corrected chi connectivity index (χ4v) is 6.53. The Bertz CT molecular complexity index is 1120. The maximum absolute atomic E-state index is 12.6. The molecule has 10 heteroatoms. The highest BCUT2D eigenvalue weighted by Gasteiger charge is 2.22. The zero-order valence-corrected chi connectivity index (χ0v) is 21.0. The van der Waals surface area contributed by atoms with Crippen LogP contribution in [-0.2, 0) is 17.8 Å². The molecule has 0 spiro atoms. The van der Waals surface area contributed by atoms with Crippen LogP contribution < -0.4 is 21.3 Å². The number of fused-ring (bicyclic) bond motifs is 1. The van der Waals surface area contributed by atoms with E-state index in [0.717, 1.165) is 40.4 Å². The molecule has 1 atom stereocenters. The number of nitrogens with one attached hydrogen (secondary N) is 4. The van der Waals surface area contributed by atoms with Gasteiger partial charge in [-0.1, -0.05) is 30.3 Å². The van der Waals surface area contributed by atoms with Gasteiger partial charge >= 0.3 is 12.0 Å². The van der Waals surface area contributed by atoms with E-state index in [1.165, 1.54) is 35.5 Å². The number of amides is 3. The van der Waals surface area contributed by atoms with Crippen LogP contribution >= 0.6 is 22.7 Å². The molecule has 0 unspecified atom stereocenters. The molecule has 1 saturated heterocycles. The van der Waals surface area contributed by atoms with E-state index in [1.807, 2.05) is 36.4 Å². The highest BCUT2D eigenvalue weighted by Crippen LogP contribution is 2.35. The summed E-state index contributed by atoms with van der Waals surface area (Å²) in [5, 5.41) is 21.6. The second-order valence-corrected chi connectivity index (χ2v) is 11.2. The number of hydrogen-bond acceptors (Lipinski definition) is 6. The van der Waals surface area contributed by atoms with Gasteiger partial charge in [0, 0.05) is 23.4 Å². The van der Waals surface area contributed by atoms with Gasteiger partial charge in [0.1, 0.15) is 6.04 Å². The fraction of sp³-hybridized carbons (Fsp3) is 0.400. The smallest absolute Gasteiger partial charge is 0.328 e. The van der Waals surface area contributed by atoms with Crippen LogP contribution in [0.3, 0.4) is 0 Å². The van der Waals surface area contributed by atoms with Crippen molar-refractivity contribution >= 4 is 50.0 Å². The molecule has 0 bridgehead atoms. The average Bonchev–Trinajstić information content (AvgIpc) is 3.44. The molecule has 0 radical (unpaired) electrons. The van der Waals surface area contributed by atoms with Crippen molar-refractivity contribution in [3.63, 3.8) is 0 Å². The van der Waals surface area contributed by atoms with Crippen molar-refractivity contribution in [2.24, 2.45) is 5.92 Å². The van der Waals surface area contributed by atoms with Crippen LogP contribution in [0.25, 0.3) is 9.40 Å². The van der Waals surface area contributed by atoms with E-state index in [2.05, 4.69) is 27.3 Å². The number of carboxylic acid groups (broad SMARTS) is 1. The van der Waals surface area contributed by atoms with E-state index in [9.17, 15) is 19.5 Å². The lowest BCUT2D eigenvalue weighted by atomic mass is 9.93. The molecule has 1 aromatic carbocycles. The van der Waals surface area contributed by atoms with Crippen LogP contribution in [0.4, 0.5) is 4.79 Å². The number of hydrogen-bond donors (Lipinski definition) is 5. The first-order chi connectivity index (χ1) is 17.0. The van der Waals surface area contributed by atoms with Crippen molar-refractivity contribution in [1.29, 1.82) is 0 Å². The summed E-state index contributed by atoms with van der Waals surface area (Å²) in [7, 11) is 0. The lowest BCUT2D eigenvalue weighted by Crippen LogP contribution is -2.51. The Morgan fingerprint density at radius 2 is 1.83 bits per heavy atom. The number of benzene rings is 1. The summed E-state index contributed by atoms with van der Waals surface area (Å²) >= 11 is 3.15. The van der Waals surface area contributed by atoms with Gasteiger partial charge < -0.3 is 26.4 Å². The number of carbonyl (C=O) groups is 3. The lowest BCUT2D eigenvalue weighted by Gasteiger charge is -2.22. The number of thiophene rings is 2. The summed E-state index contributed by atoms with van der Waals surface area (Å²) in [4.78, 5) is 38.2. The molecular weight excluding hydrogens is 484 g/mol. The molecule has 1 fully saturated rings. The Labute approximate surface area is 212 Å². The molecule has 3 aromatic rings. The van der Waals surface area contributed by atoms with E-state index in [-0.39, 0.29) is 19.0 Å². The van der Waals surface area contributed by atoms with Crippen molar-refractivity contribution in [3.05, 3.63) is 57.8 Å². The van der Waals surface area contributed by atoms with Crippen molar-refractivity contribution in [3.8, 4) is 0 Å². The lowest BCUT2D eigenvalue weighted by molar-refractivity contribution is -0.139. The number of carbonyl (C=O) groups excluding carboxylic acids is 2. The minimum absolute atomic E-state index is 0.208. The van der Waals surface area contributed by atoms with Gasteiger partial charge in [0.25, 0.3) is 5.91 Å². The molecular formula is C25H30N4O4S2. The molecule has 1 aliphatic rings. The first-order valence-corrected chi connectivity index (χ1v) is 13.4. The van der Waals surface area contributed by atoms with Gasteiger partial charge in [0.15, 0.2) is 0 Å². The van der Waals surface area contributed by atoms with E-state index in [1.54, 1.807) is 11.3 Å². The fourth-order valence-electron chi connectivity index (χ4n) is 4.11. The summed E-state index contributed by atoms with van der Waals surface area (Å²) < 4.78 is 1.10. The van der Waals surface area contributed by atoms with Crippen molar-refractivity contribution < 1.29 is 19.5 Å². The Hall–Kier alpha value is -2.95. The predicted molar refractivity (Wildman–Crippen MR) is 139 cm³/mol. The molecule has 5 N–H and O–H groups in total. The zero-order chi connectivity index (χ0) is 24.6. The number of piperidine rings is 1. The maximum Gasteiger partial charge on any atom is 0.328 e. The molecule has 4 rings (SSSR count). The highest BCUT2D eigenvalue weighted by molar-refractivity contribution is 7.39. The molecule has 2 aromatic heterocycles. The SMILES string of the molecule is O=C(NCc1ccccc1)N[C@@H](CNC(=O)c1cc2cc(CCC3CCNCC3)sc2s1)C(=O)O. The summed E-state index contributed by atoms with van der Waals surface area (Å²) in [6.07, 6.45) is 4.75. The van der Waals surface area contributed by atoms with Gasteiger partial charge in [0.2, 0.25) is 0 Å². The second kappa shape index (κ2) is 12.1. The maximum atomic E-state index is 12.6. The van der Waals surface area contributed by atoms with Crippen molar-refractivity contribution in [2.75, 3.05) is 19.6 Å². The number of aryl methyl sites for hydroxylation is 1. The minimum atomic E-state index is -1.24. The minimum Gasteiger partial charge on any atom is -0.480 e. The average molecular weight is 515 g/mol. The van der Waals surface area contributed by atoms with E-state index < -0.39 is 18.0 Å². The third-order valence-electron chi connectivity index (χ3n) is 6.11. The number of rotatable bonds is 10. The van der Waals surface area contributed by atoms with E-state index >= 15 is 0 Å². The van der Waals surface area contributed by atoms with Gasteiger partial charge in [-0.2, -0.15) is 0 Å². The third kappa shape index (κ3) is 7.27. The van der Waals surface area contributed by atoms with E-state index in [0.29, 0.717) is 4.88 Å². The molecule has 35 heavy (non-hydrogen) atoms. The first-order valence-electron chi connectivity index (χ1n) is 11.8. The molecule has 0 aliphatic carbocycles. The van der Waals surface area contributed by atoms with Crippen molar-refractivity contribution in [2.45, 2.75) is 38.3 Å². The summed E-state index contributed by atoms with van der Waals surface area (Å²) in [5.41, 5.74) is 0.898. The summed E-state index contributed by atoms with van der Waals surface area (Å²) in [6.45, 7) is 2.29. The molecule has 186 valence electrons.